The van der Waals surface area contributed by atoms with Crippen LogP contribution >= 0.6 is 0 Å². The molecule has 1 saturated carbocycles. The number of rotatable bonds is 5. The van der Waals surface area contributed by atoms with E-state index in [0.717, 1.165) is 5.56 Å². The lowest BCUT2D eigenvalue weighted by Gasteiger charge is -2.29. The molecule has 0 saturated heterocycles. The van der Waals surface area contributed by atoms with Gasteiger partial charge in [0.05, 0.1) is 0 Å². The van der Waals surface area contributed by atoms with Crippen molar-refractivity contribution >= 4 is 45.2 Å². The molecule has 0 aliphatic heterocycles. The first-order chi connectivity index (χ1) is 23.3. The molecule has 1 heteroatoms. The molecular weight excluding hydrogens is 581 g/mol. The van der Waals surface area contributed by atoms with Crippen LogP contribution in [0.1, 0.15) is 49.1 Å². The highest BCUT2D eigenvalue weighted by atomic mass is 28.3. The Labute approximate surface area is 279 Å². The van der Waals surface area contributed by atoms with Crippen molar-refractivity contribution in [3.8, 4) is 22.6 Å². The SMILES string of the molecule is C(#C[Si](c1ccccc1)(c1ccccc1)c1cccc(-c2ccccc2)c1)c1c2ccccc2c(C2CCCCC2)c2ccccc12. The second kappa shape index (κ2) is 12.9. The van der Waals surface area contributed by atoms with Gasteiger partial charge in [-0.25, -0.2) is 0 Å². The van der Waals surface area contributed by atoms with Gasteiger partial charge in [-0.3, -0.25) is 0 Å². The van der Waals surface area contributed by atoms with E-state index in [0.29, 0.717) is 5.92 Å². The minimum Gasteiger partial charge on any atom is -0.109 e. The molecule has 0 nitrogen and oxygen atoms in total. The van der Waals surface area contributed by atoms with Gasteiger partial charge in [0.15, 0.2) is 0 Å². The Balaban J connectivity index is 1.44. The minimum absolute atomic E-state index is 0.600. The van der Waals surface area contributed by atoms with E-state index in [1.807, 2.05) is 0 Å². The Morgan fingerprint density at radius 3 is 1.47 bits per heavy atom. The molecule has 0 atom stereocenters. The molecule has 7 aromatic rings. The van der Waals surface area contributed by atoms with Crippen molar-refractivity contribution in [1.29, 1.82) is 0 Å². The Morgan fingerprint density at radius 2 is 0.894 bits per heavy atom. The highest BCUT2D eigenvalue weighted by molar-refractivity contribution is 7.16. The molecule has 1 aliphatic rings. The zero-order valence-electron chi connectivity index (χ0n) is 26.7. The monoisotopic (exact) mass is 618 g/mol. The Morgan fingerprint density at radius 1 is 0.426 bits per heavy atom. The summed E-state index contributed by atoms with van der Waals surface area (Å²) in [6.45, 7) is 0. The van der Waals surface area contributed by atoms with Crippen LogP contribution in [0.25, 0.3) is 32.7 Å². The average Bonchev–Trinajstić information content (AvgIpc) is 3.16. The van der Waals surface area contributed by atoms with E-state index < -0.39 is 8.07 Å². The van der Waals surface area contributed by atoms with Crippen molar-refractivity contribution in [2.75, 3.05) is 0 Å². The fraction of sp³-hybridized carbons (Fsp3) is 0.130. The van der Waals surface area contributed by atoms with Gasteiger partial charge in [0.2, 0.25) is 8.07 Å². The first-order valence-corrected chi connectivity index (χ1v) is 19.1. The second-order valence-electron chi connectivity index (χ2n) is 12.9. The normalized spacial score (nSPS) is 13.7. The van der Waals surface area contributed by atoms with Crippen LogP contribution in [0, 0.1) is 11.5 Å². The van der Waals surface area contributed by atoms with Gasteiger partial charge in [-0.05, 0) is 72.6 Å². The smallest absolute Gasteiger partial charge is 0.109 e. The predicted molar refractivity (Wildman–Crippen MR) is 204 cm³/mol. The average molecular weight is 619 g/mol. The van der Waals surface area contributed by atoms with E-state index in [-0.39, 0.29) is 0 Å². The van der Waals surface area contributed by atoms with Crippen LogP contribution in [0.15, 0.2) is 164 Å². The van der Waals surface area contributed by atoms with Gasteiger partial charge in [-0.2, -0.15) is 0 Å². The summed E-state index contributed by atoms with van der Waals surface area (Å²) in [7, 11) is -2.85. The fourth-order valence-corrected chi connectivity index (χ4v) is 11.8. The minimum atomic E-state index is -2.85. The molecule has 8 rings (SSSR count). The molecule has 0 aromatic heterocycles. The van der Waals surface area contributed by atoms with Gasteiger partial charge in [-0.15, -0.1) is 5.54 Å². The van der Waals surface area contributed by atoms with E-state index in [2.05, 4.69) is 175 Å². The molecule has 0 spiro atoms. The molecule has 7 aromatic carbocycles. The first-order valence-electron chi connectivity index (χ1n) is 17.1. The van der Waals surface area contributed by atoms with Crippen LogP contribution in [0.4, 0.5) is 0 Å². The van der Waals surface area contributed by atoms with Crippen LogP contribution in [0.3, 0.4) is 0 Å². The molecule has 0 bridgehead atoms. The molecule has 0 radical (unpaired) electrons. The molecule has 1 fully saturated rings. The summed E-state index contributed by atoms with van der Waals surface area (Å²) in [5, 5.41) is 9.21. The number of fused-ring (bicyclic) bond motifs is 2. The molecule has 0 heterocycles. The maximum Gasteiger partial charge on any atom is 0.230 e. The van der Waals surface area contributed by atoms with Gasteiger partial charge in [0.1, 0.15) is 0 Å². The topological polar surface area (TPSA) is 0 Å². The molecular formula is C46H38Si. The summed E-state index contributed by atoms with van der Waals surface area (Å²) < 4.78 is 0. The molecule has 1 aliphatic carbocycles. The third-order valence-electron chi connectivity index (χ3n) is 10.2. The molecule has 47 heavy (non-hydrogen) atoms. The lowest BCUT2D eigenvalue weighted by atomic mass is 9.78. The van der Waals surface area contributed by atoms with Crippen molar-refractivity contribution in [1.82, 2.24) is 0 Å². The molecule has 0 amide bonds. The van der Waals surface area contributed by atoms with Crippen molar-refractivity contribution in [2.24, 2.45) is 0 Å². The Hall–Kier alpha value is -5.16. The van der Waals surface area contributed by atoms with Gasteiger partial charge in [0.25, 0.3) is 0 Å². The first kappa shape index (κ1) is 29.3. The van der Waals surface area contributed by atoms with E-state index in [4.69, 9.17) is 0 Å². The van der Waals surface area contributed by atoms with Crippen molar-refractivity contribution in [2.45, 2.75) is 38.0 Å². The maximum atomic E-state index is 4.15. The van der Waals surface area contributed by atoms with Crippen molar-refractivity contribution < 1.29 is 0 Å². The van der Waals surface area contributed by atoms with Crippen LogP contribution in [0.5, 0.6) is 0 Å². The third kappa shape index (κ3) is 5.40. The quantitative estimate of drug-likeness (QED) is 0.0780. The Bertz CT molecular complexity index is 2120. The predicted octanol–water partition coefficient (Wildman–Crippen LogP) is 9.77. The largest absolute Gasteiger partial charge is 0.230 e. The maximum absolute atomic E-state index is 4.15. The lowest BCUT2D eigenvalue weighted by molar-refractivity contribution is 0.447. The molecule has 0 N–H and O–H groups in total. The summed E-state index contributed by atoms with van der Waals surface area (Å²) in [4.78, 5) is 0. The summed E-state index contributed by atoms with van der Waals surface area (Å²) >= 11 is 0. The molecule has 226 valence electrons. The highest BCUT2D eigenvalue weighted by Crippen LogP contribution is 2.42. The standard InChI is InChI=1S/C46H38Si/c1-5-18-35(19-6-1)37-22-17-27-40(34-37)47(38-23-9-3-10-24-38,39-25-11-4-12-26-39)33-32-43-41-28-13-15-30-44(41)46(36-20-7-2-8-21-36)45-31-16-14-29-42(43)45/h1,3-6,9-19,22-31,34,36H,2,7-8,20-21H2. The second-order valence-corrected chi connectivity index (χ2v) is 16.4. The van der Waals surface area contributed by atoms with Crippen LogP contribution in [0.2, 0.25) is 0 Å². The fourth-order valence-electron chi connectivity index (χ4n) is 7.94. The van der Waals surface area contributed by atoms with E-state index in [1.165, 1.54) is 85.9 Å². The third-order valence-corrected chi connectivity index (χ3v) is 14.3. The number of hydrogen-bond acceptors (Lipinski definition) is 0. The van der Waals surface area contributed by atoms with Crippen molar-refractivity contribution in [3.63, 3.8) is 0 Å². The zero-order valence-corrected chi connectivity index (χ0v) is 27.7. The Kier molecular flexibility index (Phi) is 8.04. The van der Waals surface area contributed by atoms with Crippen LogP contribution < -0.4 is 15.6 Å². The van der Waals surface area contributed by atoms with Gasteiger partial charge < -0.3 is 0 Å². The van der Waals surface area contributed by atoms with Gasteiger partial charge >= 0.3 is 0 Å². The summed E-state index contributed by atoms with van der Waals surface area (Å²) in [5.41, 5.74) is 9.28. The molecule has 0 unspecified atom stereocenters. The summed E-state index contributed by atoms with van der Waals surface area (Å²) in [6, 6.07) is 60.1. The summed E-state index contributed by atoms with van der Waals surface area (Å²) in [6.07, 6.45) is 6.54. The van der Waals surface area contributed by atoms with Crippen molar-refractivity contribution in [3.05, 3.63) is 175 Å². The van der Waals surface area contributed by atoms with Gasteiger partial charge in [0, 0.05) is 5.56 Å². The van der Waals surface area contributed by atoms with E-state index in [9.17, 15) is 0 Å². The highest BCUT2D eigenvalue weighted by Gasteiger charge is 2.38. The van der Waals surface area contributed by atoms with Crippen LogP contribution in [-0.2, 0) is 0 Å². The number of hydrogen-bond donors (Lipinski definition) is 0. The van der Waals surface area contributed by atoms with E-state index >= 15 is 0 Å². The zero-order chi connectivity index (χ0) is 31.5. The van der Waals surface area contributed by atoms with E-state index in [1.54, 1.807) is 0 Å². The summed E-state index contributed by atoms with van der Waals surface area (Å²) in [5.74, 6) is 4.57. The number of benzene rings is 7. The lowest BCUT2D eigenvalue weighted by Crippen LogP contribution is -2.66. The van der Waals surface area contributed by atoms with Crippen LogP contribution in [-0.4, -0.2) is 8.07 Å². The van der Waals surface area contributed by atoms with Gasteiger partial charge in [-0.1, -0.05) is 189 Å².